The van der Waals surface area contributed by atoms with E-state index in [1.54, 1.807) is 0 Å². The number of unbranched alkanes of at least 4 members (excludes halogenated alkanes) is 60. The summed E-state index contributed by atoms with van der Waals surface area (Å²) in [6.07, 6.45) is 96.9. The van der Waals surface area contributed by atoms with E-state index in [-0.39, 0.29) is 18.5 Å². The summed E-state index contributed by atoms with van der Waals surface area (Å²) in [4.78, 5) is 24.7. The van der Waals surface area contributed by atoms with Crippen LogP contribution in [0.25, 0.3) is 0 Å². The van der Waals surface area contributed by atoms with Gasteiger partial charge in [0.25, 0.3) is 0 Å². The van der Waals surface area contributed by atoms with Crippen LogP contribution in [0.4, 0.5) is 0 Å². The maximum absolute atomic E-state index is 12.6. The molecule has 86 heavy (non-hydrogen) atoms. The molecule has 2 atom stereocenters. The highest BCUT2D eigenvalue weighted by Crippen LogP contribution is 2.20. The summed E-state index contributed by atoms with van der Waals surface area (Å²) >= 11 is 0. The van der Waals surface area contributed by atoms with Gasteiger partial charge in [0.2, 0.25) is 5.91 Å². The molecule has 1 amide bonds. The molecule has 0 aliphatic heterocycles. The third kappa shape index (κ3) is 71.4. The second kappa shape index (κ2) is 75.8. The third-order valence-corrected chi connectivity index (χ3v) is 18.8. The summed E-state index contributed by atoms with van der Waals surface area (Å²) in [5.41, 5.74) is 0. The summed E-state index contributed by atoms with van der Waals surface area (Å²) in [7, 11) is 0. The number of hydrogen-bond acceptors (Lipinski definition) is 5. The molecule has 510 valence electrons. The van der Waals surface area contributed by atoms with Crippen molar-refractivity contribution < 1.29 is 24.5 Å². The van der Waals surface area contributed by atoms with Gasteiger partial charge >= 0.3 is 5.97 Å². The van der Waals surface area contributed by atoms with Crippen molar-refractivity contribution in [3.63, 3.8) is 0 Å². The summed E-state index contributed by atoms with van der Waals surface area (Å²) < 4.78 is 5.51. The maximum Gasteiger partial charge on any atom is 0.305 e. The van der Waals surface area contributed by atoms with Gasteiger partial charge in [-0.05, 0) is 57.8 Å². The van der Waals surface area contributed by atoms with Gasteiger partial charge in [-0.15, -0.1) is 0 Å². The van der Waals surface area contributed by atoms with E-state index in [1.165, 1.54) is 366 Å². The average Bonchev–Trinajstić information content (AvgIpc) is 3.53. The summed E-state index contributed by atoms with van der Waals surface area (Å²) in [5, 5.41) is 23.5. The molecule has 2 unspecified atom stereocenters. The minimum Gasteiger partial charge on any atom is -0.466 e. The first-order chi connectivity index (χ1) is 42.5. The van der Waals surface area contributed by atoms with Gasteiger partial charge in [0.1, 0.15) is 0 Å². The van der Waals surface area contributed by atoms with Gasteiger partial charge in [0.05, 0.1) is 25.4 Å². The molecule has 0 spiro atoms. The topological polar surface area (TPSA) is 95.9 Å². The normalized spacial score (nSPS) is 12.6. The molecule has 0 heterocycles. The van der Waals surface area contributed by atoms with E-state index in [2.05, 4.69) is 43.5 Å². The van der Waals surface area contributed by atoms with Crippen molar-refractivity contribution in [1.82, 2.24) is 5.32 Å². The second-order valence-corrected chi connectivity index (χ2v) is 27.4. The Balaban J connectivity index is 3.33. The highest BCUT2D eigenvalue weighted by atomic mass is 16.5. The number of nitrogens with one attached hydrogen (secondary N) is 1. The lowest BCUT2D eigenvalue weighted by atomic mass is 10.0. The number of allylic oxidation sites excluding steroid dienone is 4. The molecule has 3 N–H and O–H groups in total. The molecule has 0 aromatic carbocycles. The predicted octanol–water partition coefficient (Wildman–Crippen LogP) is 26.0. The van der Waals surface area contributed by atoms with Crippen molar-refractivity contribution in [3.8, 4) is 0 Å². The van der Waals surface area contributed by atoms with Crippen LogP contribution in [0.1, 0.15) is 450 Å². The Kier molecular flexibility index (Phi) is 74.3. The first kappa shape index (κ1) is 84.3. The molecule has 0 fully saturated rings. The average molecular weight is 1210 g/mol. The van der Waals surface area contributed by atoms with Crippen molar-refractivity contribution in [3.05, 3.63) is 24.3 Å². The third-order valence-electron chi connectivity index (χ3n) is 18.8. The number of esters is 1. The number of rotatable bonds is 75. The molecule has 0 aliphatic rings. The first-order valence-corrected chi connectivity index (χ1v) is 39.6. The monoisotopic (exact) mass is 1210 g/mol. The van der Waals surface area contributed by atoms with Crippen molar-refractivity contribution >= 4 is 11.9 Å². The minimum absolute atomic E-state index is 0.0139. The molecule has 0 bridgehead atoms. The largest absolute Gasteiger partial charge is 0.466 e. The molecular formula is C80H155NO5. The van der Waals surface area contributed by atoms with Gasteiger partial charge in [0, 0.05) is 12.8 Å². The zero-order valence-corrected chi connectivity index (χ0v) is 58.6. The molecular weight excluding hydrogens is 1050 g/mol. The Bertz CT molecular complexity index is 1350. The minimum atomic E-state index is -0.662. The van der Waals surface area contributed by atoms with Crippen LogP contribution < -0.4 is 5.32 Å². The van der Waals surface area contributed by atoms with Gasteiger partial charge in [0.15, 0.2) is 0 Å². The lowest BCUT2D eigenvalue weighted by molar-refractivity contribution is -0.143. The number of hydrogen-bond donors (Lipinski definition) is 3. The maximum atomic E-state index is 12.6. The van der Waals surface area contributed by atoms with Gasteiger partial charge in [-0.1, -0.05) is 404 Å². The van der Waals surface area contributed by atoms with Crippen LogP contribution in [-0.4, -0.2) is 47.4 Å². The fourth-order valence-corrected chi connectivity index (χ4v) is 12.7. The van der Waals surface area contributed by atoms with Crippen molar-refractivity contribution in [2.24, 2.45) is 0 Å². The number of ether oxygens (including phenoxy) is 1. The van der Waals surface area contributed by atoms with E-state index >= 15 is 0 Å². The van der Waals surface area contributed by atoms with E-state index in [4.69, 9.17) is 4.74 Å². The molecule has 6 heteroatoms. The standard InChI is InChI=1S/C80H155NO5/c1-3-5-7-9-11-13-15-17-19-21-22-34-37-41-44-48-52-56-60-64-68-72-78(83)77(76-82)81-79(84)73-69-65-61-57-53-49-45-42-38-35-32-30-28-26-24-23-25-27-29-31-33-36-39-43-47-51-55-59-63-67-71-75-86-80(85)74-70-66-62-58-54-50-46-40-20-18-16-14-12-10-8-6-4-2/h12,14,18,20,77-78,82-83H,3-11,13,15-17,19,21-76H2,1-2H3,(H,81,84)/b14-12-,20-18-. The van der Waals surface area contributed by atoms with Crippen LogP contribution >= 0.6 is 0 Å². The van der Waals surface area contributed by atoms with Crippen molar-refractivity contribution in [2.75, 3.05) is 13.2 Å². The number of carbonyl (C=O) groups excluding carboxylic acids is 2. The van der Waals surface area contributed by atoms with E-state index in [0.29, 0.717) is 25.9 Å². The Morgan fingerprint density at radius 1 is 0.326 bits per heavy atom. The highest BCUT2D eigenvalue weighted by Gasteiger charge is 2.20. The molecule has 0 saturated carbocycles. The van der Waals surface area contributed by atoms with Gasteiger partial charge in [-0.3, -0.25) is 9.59 Å². The number of aliphatic hydroxyl groups is 2. The fourth-order valence-electron chi connectivity index (χ4n) is 12.7. The Morgan fingerprint density at radius 3 is 0.907 bits per heavy atom. The number of carbonyl (C=O) groups is 2. The van der Waals surface area contributed by atoms with Crippen LogP contribution in [0.5, 0.6) is 0 Å². The Hall–Kier alpha value is -1.66. The van der Waals surface area contributed by atoms with Crippen LogP contribution in [-0.2, 0) is 14.3 Å². The lowest BCUT2D eigenvalue weighted by Crippen LogP contribution is -2.45. The molecule has 0 saturated heterocycles. The smallest absolute Gasteiger partial charge is 0.305 e. The lowest BCUT2D eigenvalue weighted by Gasteiger charge is -2.22. The zero-order chi connectivity index (χ0) is 62.0. The predicted molar refractivity (Wildman–Crippen MR) is 380 cm³/mol. The van der Waals surface area contributed by atoms with Gasteiger partial charge in [-0.25, -0.2) is 0 Å². The zero-order valence-electron chi connectivity index (χ0n) is 58.6. The Labute approximate surface area is 539 Å². The number of amides is 1. The van der Waals surface area contributed by atoms with E-state index in [1.807, 2.05) is 0 Å². The molecule has 0 aliphatic carbocycles. The molecule has 0 aromatic rings. The summed E-state index contributed by atoms with van der Waals surface area (Å²) in [6.45, 7) is 4.98. The van der Waals surface area contributed by atoms with Crippen LogP contribution in [0, 0.1) is 0 Å². The van der Waals surface area contributed by atoms with E-state index < -0.39 is 12.1 Å². The van der Waals surface area contributed by atoms with E-state index in [0.717, 1.165) is 51.4 Å². The fraction of sp³-hybridized carbons (Fsp3) is 0.925. The highest BCUT2D eigenvalue weighted by molar-refractivity contribution is 5.76. The SMILES string of the molecule is CCCCC/C=C\C/C=C\CCCCCCCCCC(=O)OCCCCCCCCCCCCCCCCCCCCCCCCCCCCCCCCCC(=O)NC(CO)C(O)CCCCCCCCCCCCCCCCCCCCCCC. The van der Waals surface area contributed by atoms with Crippen molar-refractivity contribution in [1.29, 1.82) is 0 Å². The first-order valence-electron chi connectivity index (χ1n) is 39.6. The van der Waals surface area contributed by atoms with Gasteiger partial charge < -0.3 is 20.3 Å². The van der Waals surface area contributed by atoms with Crippen LogP contribution in [0.15, 0.2) is 24.3 Å². The summed E-state index contributed by atoms with van der Waals surface area (Å²) in [5.74, 6) is -0.0115. The quantitative estimate of drug-likeness (QED) is 0.0320. The molecule has 0 aromatic heterocycles. The summed E-state index contributed by atoms with van der Waals surface area (Å²) in [6, 6.07) is -0.539. The van der Waals surface area contributed by atoms with Crippen LogP contribution in [0.3, 0.4) is 0 Å². The molecule has 0 radical (unpaired) electrons. The number of aliphatic hydroxyl groups excluding tert-OH is 2. The molecule has 6 nitrogen and oxygen atoms in total. The Morgan fingerprint density at radius 2 is 0.581 bits per heavy atom. The van der Waals surface area contributed by atoms with E-state index in [9.17, 15) is 19.8 Å². The van der Waals surface area contributed by atoms with Gasteiger partial charge in [-0.2, -0.15) is 0 Å². The molecule has 0 rings (SSSR count). The van der Waals surface area contributed by atoms with Crippen LogP contribution in [0.2, 0.25) is 0 Å². The second-order valence-electron chi connectivity index (χ2n) is 27.4. The van der Waals surface area contributed by atoms with Crippen molar-refractivity contribution in [2.45, 2.75) is 463 Å².